The third kappa shape index (κ3) is 3.24. The fraction of sp³-hybridized carbons (Fsp3) is 0.273. The minimum atomic E-state index is -0.434. The van der Waals surface area contributed by atoms with Crippen LogP contribution in [0.25, 0.3) is 0 Å². The van der Waals surface area contributed by atoms with Crippen molar-refractivity contribution in [3.63, 3.8) is 0 Å². The number of nitrogens with one attached hydrogen (secondary N) is 1. The van der Waals surface area contributed by atoms with Crippen molar-refractivity contribution in [3.05, 3.63) is 44.5 Å². The highest BCUT2D eigenvalue weighted by Crippen LogP contribution is 2.14. The highest BCUT2D eigenvalue weighted by molar-refractivity contribution is 7.09. The lowest BCUT2D eigenvalue weighted by atomic mass is 10.3. The number of nitrogens with zero attached hydrogens (tertiary/aromatic N) is 3. The fourth-order valence-corrected chi connectivity index (χ4v) is 2.12. The molecule has 0 atom stereocenters. The highest BCUT2D eigenvalue weighted by Gasteiger charge is 2.06. The molecule has 0 unspecified atom stereocenters. The van der Waals surface area contributed by atoms with E-state index in [9.17, 15) is 10.1 Å². The Morgan fingerprint density at radius 2 is 2.39 bits per heavy atom. The van der Waals surface area contributed by atoms with Crippen LogP contribution in [-0.4, -0.2) is 21.4 Å². The molecule has 2 rings (SSSR count). The largest absolute Gasteiger partial charge is 0.369 e. The number of anilines is 1. The Morgan fingerprint density at radius 1 is 1.56 bits per heavy atom. The lowest BCUT2D eigenvalue weighted by molar-refractivity contribution is -0.384. The van der Waals surface area contributed by atoms with E-state index in [1.165, 1.54) is 18.3 Å². The zero-order valence-corrected chi connectivity index (χ0v) is 10.6. The summed E-state index contributed by atoms with van der Waals surface area (Å²) in [6.45, 7) is 2.61. The maximum Gasteiger partial charge on any atom is 0.274 e. The van der Waals surface area contributed by atoms with Crippen molar-refractivity contribution < 1.29 is 4.92 Å². The van der Waals surface area contributed by atoms with E-state index in [1.54, 1.807) is 11.3 Å². The average Bonchev–Trinajstić information content (AvgIpc) is 2.75. The number of aryl methyl sites for hydroxylation is 1. The fourth-order valence-electron chi connectivity index (χ4n) is 1.47. The van der Waals surface area contributed by atoms with Crippen LogP contribution in [0.5, 0.6) is 0 Å². The van der Waals surface area contributed by atoms with Gasteiger partial charge in [0.25, 0.3) is 5.69 Å². The normalized spacial score (nSPS) is 10.3. The van der Waals surface area contributed by atoms with Crippen molar-refractivity contribution in [2.75, 3.05) is 11.9 Å². The monoisotopic (exact) mass is 264 g/mol. The highest BCUT2D eigenvalue weighted by atomic mass is 32.1. The van der Waals surface area contributed by atoms with E-state index >= 15 is 0 Å². The van der Waals surface area contributed by atoms with Gasteiger partial charge in [0.2, 0.25) is 0 Å². The Kier molecular flexibility index (Phi) is 3.83. The summed E-state index contributed by atoms with van der Waals surface area (Å²) >= 11 is 1.61. The molecule has 2 aromatic rings. The summed E-state index contributed by atoms with van der Waals surface area (Å²) in [5, 5.41) is 16.7. The minimum Gasteiger partial charge on any atom is -0.369 e. The first-order chi connectivity index (χ1) is 8.65. The molecule has 6 nitrogen and oxygen atoms in total. The van der Waals surface area contributed by atoms with Crippen LogP contribution in [0.15, 0.2) is 23.7 Å². The third-order valence-electron chi connectivity index (χ3n) is 2.31. The first-order valence-electron chi connectivity index (χ1n) is 5.40. The smallest absolute Gasteiger partial charge is 0.274 e. The molecule has 2 heterocycles. The number of hydrogen-bond acceptors (Lipinski definition) is 6. The lowest BCUT2D eigenvalue weighted by Crippen LogP contribution is -2.06. The number of rotatable bonds is 5. The van der Waals surface area contributed by atoms with Gasteiger partial charge in [-0.2, -0.15) is 0 Å². The van der Waals surface area contributed by atoms with Crippen molar-refractivity contribution in [1.29, 1.82) is 0 Å². The third-order valence-corrected chi connectivity index (χ3v) is 3.13. The van der Waals surface area contributed by atoms with Gasteiger partial charge in [0.05, 0.1) is 21.7 Å². The number of hydrogen-bond donors (Lipinski definition) is 1. The van der Waals surface area contributed by atoms with Gasteiger partial charge < -0.3 is 5.32 Å². The van der Waals surface area contributed by atoms with Gasteiger partial charge in [0.15, 0.2) is 0 Å². The second-order valence-corrected chi connectivity index (χ2v) is 4.75. The van der Waals surface area contributed by atoms with Crippen LogP contribution < -0.4 is 5.32 Å². The molecule has 0 aliphatic heterocycles. The maximum absolute atomic E-state index is 10.6. The summed E-state index contributed by atoms with van der Waals surface area (Å²) in [4.78, 5) is 18.5. The molecule has 1 N–H and O–H groups in total. The first kappa shape index (κ1) is 12.4. The second kappa shape index (κ2) is 5.54. The van der Waals surface area contributed by atoms with E-state index in [2.05, 4.69) is 15.3 Å². The van der Waals surface area contributed by atoms with Gasteiger partial charge in [-0.25, -0.2) is 9.97 Å². The molecule has 0 fully saturated rings. The van der Waals surface area contributed by atoms with Gasteiger partial charge in [0, 0.05) is 30.6 Å². The van der Waals surface area contributed by atoms with Gasteiger partial charge in [-0.05, 0) is 6.92 Å². The molecule has 94 valence electrons. The summed E-state index contributed by atoms with van der Waals surface area (Å²) in [6.07, 6.45) is 2.20. The quantitative estimate of drug-likeness (QED) is 0.662. The number of thiazole rings is 1. The van der Waals surface area contributed by atoms with Crippen molar-refractivity contribution in [2.45, 2.75) is 13.3 Å². The van der Waals surface area contributed by atoms with Gasteiger partial charge in [0.1, 0.15) is 5.82 Å². The molecule has 0 saturated heterocycles. The molecular weight excluding hydrogens is 252 g/mol. The van der Waals surface area contributed by atoms with Crippen molar-refractivity contribution in [3.8, 4) is 0 Å². The van der Waals surface area contributed by atoms with Crippen LogP contribution >= 0.6 is 11.3 Å². The molecular formula is C11H12N4O2S. The maximum atomic E-state index is 10.6. The van der Waals surface area contributed by atoms with Crippen LogP contribution in [0.3, 0.4) is 0 Å². The van der Waals surface area contributed by atoms with Gasteiger partial charge in [-0.3, -0.25) is 10.1 Å². The molecule has 0 spiro atoms. The summed E-state index contributed by atoms with van der Waals surface area (Å²) in [7, 11) is 0. The Labute approximate surface area is 108 Å². The SMILES string of the molecule is Cc1nc(CCNc2cc([N+](=O)[O-])ccn2)cs1. The molecule has 0 aromatic carbocycles. The van der Waals surface area contributed by atoms with Crippen LogP contribution in [0, 0.1) is 17.0 Å². The van der Waals surface area contributed by atoms with E-state index < -0.39 is 4.92 Å². The average molecular weight is 264 g/mol. The summed E-state index contributed by atoms with van der Waals surface area (Å²) < 4.78 is 0. The predicted molar refractivity (Wildman–Crippen MR) is 69.9 cm³/mol. The van der Waals surface area contributed by atoms with E-state index in [-0.39, 0.29) is 5.69 Å². The lowest BCUT2D eigenvalue weighted by Gasteiger charge is -2.03. The van der Waals surface area contributed by atoms with Crippen LogP contribution in [0.2, 0.25) is 0 Å². The standard InChI is InChI=1S/C11H12N4O2S/c1-8-14-9(7-18-8)2-4-12-11-6-10(15(16)17)3-5-13-11/h3,5-7H,2,4H2,1H3,(H,12,13). The number of nitro groups is 1. The van der Waals surface area contributed by atoms with Crippen LogP contribution in [0.1, 0.15) is 10.7 Å². The number of pyridine rings is 1. The molecule has 7 heteroatoms. The van der Waals surface area contributed by atoms with E-state index in [1.807, 2.05) is 12.3 Å². The Balaban J connectivity index is 1.90. The Hall–Kier alpha value is -2.02. The van der Waals surface area contributed by atoms with Gasteiger partial charge in [-0.15, -0.1) is 11.3 Å². The topological polar surface area (TPSA) is 81.0 Å². The van der Waals surface area contributed by atoms with Gasteiger partial charge in [-0.1, -0.05) is 0 Å². The summed E-state index contributed by atoms with van der Waals surface area (Å²) in [5.74, 6) is 0.510. The molecule has 0 bridgehead atoms. The zero-order valence-electron chi connectivity index (χ0n) is 9.79. The van der Waals surface area contributed by atoms with Crippen LogP contribution in [-0.2, 0) is 6.42 Å². The predicted octanol–water partition coefficient (Wildman–Crippen LogP) is 2.41. The van der Waals surface area contributed by atoms with Gasteiger partial charge >= 0.3 is 0 Å². The summed E-state index contributed by atoms with van der Waals surface area (Å²) in [6, 6.07) is 2.79. The first-order valence-corrected chi connectivity index (χ1v) is 6.28. The molecule has 18 heavy (non-hydrogen) atoms. The van der Waals surface area contributed by atoms with Crippen LogP contribution in [0.4, 0.5) is 11.5 Å². The van der Waals surface area contributed by atoms with E-state index in [0.717, 1.165) is 17.1 Å². The minimum absolute atomic E-state index is 0.0389. The molecule has 0 amide bonds. The Morgan fingerprint density at radius 3 is 3.06 bits per heavy atom. The molecule has 0 aliphatic rings. The second-order valence-electron chi connectivity index (χ2n) is 3.69. The molecule has 0 radical (unpaired) electrons. The van der Waals surface area contributed by atoms with E-state index in [0.29, 0.717) is 12.4 Å². The molecule has 0 saturated carbocycles. The van der Waals surface area contributed by atoms with Crippen molar-refractivity contribution in [1.82, 2.24) is 9.97 Å². The summed E-state index contributed by atoms with van der Waals surface area (Å²) in [5.41, 5.74) is 1.06. The Bertz CT molecular complexity index is 555. The molecule has 0 aliphatic carbocycles. The molecule has 2 aromatic heterocycles. The van der Waals surface area contributed by atoms with Crippen molar-refractivity contribution >= 4 is 22.8 Å². The van der Waals surface area contributed by atoms with Crippen molar-refractivity contribution in [2.24, 2.45) is 0 Å². The zero-order chi connectivity index (χ0) is 13.0. The van der Waals surface area contributed by atoms with E-state index in [4.69, 9.17) is 0 Å². The number of aromatic nitrogens is 2.